The van der Waals surface area contributed by atoms with Crippen molar-refractivity contribution in [1.82, 2.24) is 15.0 Å². The minimum atomic E-state index is -0.730. The molecular formula is C29H28N4O4. The molecule has 8 heteroatoms. The summed E-state index contributed by atoms with van der Waals surface area (Å²) in [5, 5.41) is 25.3. The number of fused-ring (bicyclic) bond motifs is 1. The summed E-state index contributed by atoms with van der Waals surface area (Å²) in [6, 6.07) is 14.5. The van der Waals surface area contributed by atoms with Crippen LogP contribution in [0.1, 0.15) is 49.5 Å². The molecule has 0 spiro atoms. The summed E-state index contributed by atoms with van der Waals surface area (Å²) in [6.07, 6.45) is 8.98. The van der Waals surface area contributed by atoms with Crippen LogP contribution in [0.2, 0.25) is 0 Å². The van der Waals surface area contributed by atoms with Gasteiger partial charge in [0.1, 0.15) is 5.76 Å². The van der Waals surface area contributed by atoms with Gasteiger partial charge in [0.05, 0.1) is 29.6 Å². The van der Waals surface area contributed by atoms with Crippen molar-refractivity contribution < 1.29 is 19.2 Å². The normalized spacial score (nSPS) is 20.8. The lowest BCUT2D eigenvalue weighted by atomic mass is 9.93. The highest BCUT2D eigenvalue weighted by Gasteiger charge is 2.32. The van der Waals surface area contributed by atoms with Crippen LogP contribution in [0.5, 0.6) is 0 Å². The quantitative estimate of drug-likeness (QED) is 0.476. The van der Waals surface area contributed by atoms with Crippen LogP contribution in [0.15, 0.2) is 64.4 Å². The first kappa shape index (κ1) is 23.4. The Morgan fingerprint density at radius 2 is 1.95 bits per heavy atom. The average molecular weight is 497 g/mol. The van der Waals surface area contributed by atoms with E-state index in [0.29, 0.717) is 49.1 Å². The number of likely N-dealkylation sites (tertiary alicyclic amines) is 1. The zero-order valence-electron chi connectivity index (χ0n) is 20.5. The van der Waals surface area contributed by atoms with Gasteiger partial charge in [-0.25, -0.2) is 0 Å². The van der Waals surface area contributed by atoms with Gasteiger partial charge >= 0.3 is 5.97 Å². The average Bonchev–Trinajstić information content (AvgIpc) is 3.58. The van der Waals surface area contributed by atoms with Crippen molar-refractivity contribution in [3.63, 3.8) is 0 Å². The maximum absolute atomic E-state index is 11.2. The zero-order chi connectivity index (χ0) is 25.4. The molecule has 1 atom stereocenters. The summed E-state index contributed by atoms with van der Waals surface area (Å²) >= 11 is 0. The van der Waals surface area contributed by atoms with E-state index in [0.717, 1.165) is 34.7 Å². The van der Waals surface area contributed by atoms with Crippen molar-refractivity contribution in [2.75, 3.05) is 13.1 Å². The standard InChI is InChI=1S/C29H28N4O4/c30-14-20-13-18(10-12-26(20)36-22-5-1-2-6-22)28-31-27(32-37-28)25-11-9-19(23-7-3-4-8-24(23)25)15-33-16-21(17-33)29(34)35/h3-4,7-12,18,21-22H,1-2,5-6,13,15-17H2,(H,34,35). The van der Waals surface area contributed by atoms with Crippen LogP contribution >= 0.6 is 0 Å². The number of aromatic nitrogens is 2. The van der Waals surface area contributed by atoms with Crippen molar-refractivity contribution in [3.05, 3.63) is 71.3 Å². The molecule has 2 fully saturated rings. The van der Waals surface area contributed by atoms with Crippen molar-refractivity contribution >= 4 is 16.7 Å². The summed E-state index contributed by atoms with van der Waals surface area (Å²) < 4.78 is 11.8. The number of rotatable bonds is 7. The first-order valence-corrected chi connectivity index (χ1v) is 12.9. The van der Waals surface area contributed by atoms with Crippen LogP contribution in [0.3, 0.4) is 0 Å². The van der Waals surface area contributed by atoms with E-state index in [1.807, 2.05) is 36.4 Å². The van der Waals surface area contributed by atoms with E-state index in [9.17, 15) is 10.1 Å². The SMILES string of the molecule is N#CC1=C(OC2CCCC2)C=CC(c2nc(-c3ccc(CN4CC(C(=O)O)C4)c4ccccc34)no2)C1. The fraction of sp³-hybridized carbons (Fsp3) is 0.379. The lowest BCUT2D eigenvalue weighted by molar-refractivity contribution is -0.147. The third-order valence-electron chi connectivity index (χ3n) is 7.65. The minimum absolute atomic E-state index is 0.175. The molecule has 1 N–H and O–H groups in total. The number of carbonyl (C=O) groups is 1. The molecular weight excluding hydrogens is 468 g/mol. The molecule has 2 heterocycles. The van der Waals surface area contributed by atoms with Gasteiger partial charge in [0.2, 0.25) is 11.7 Å². The molecule has 1 saturated heterocycles. The molecule has 188 valence electrons. The van der Waals surface area contributed by atoms with Gasteiger partial charge in [0.25, 0.3) is 0 Å². The second-order valence-electron chi connectivity index (χ2n) is 10.2. The number of benzene rings is 2. The van der Waals surface area contributed by atoms with Crippen LogP contribution in [-0.2, 0) is 16.1 Å². The van der Waals surface area contributed by atoms with Crippen molar-refractivity contribution in [1.29, 1.82) is 5.26 Å². The molecule has 6 rings (SSSR count). The number of allylic oxidation sites excluding steroid dienone is 3. The topological polar surface area (TPSA) is 112 Å². The highest BCUT2D eigenvalue weighted by atomic mass is 16.5. The van der Waals surface area contributed by atoms with Crippen molar-refractivity contribution in [2.24, 2.45) is 5.92 Å². The Hall–Kier alpha value is -3.96. The number of hydrogen-bond acceptors (Lipinski definition) is 7. The van der Waals surface area contributed by atoms with Crippen LogP contribution in [0, 0.1) is 17.2 Å². The Morgan fingerprint density at radius 3 is 2.70 bits per heavy atom. The van der Waals surface area contributed by atoms with Crippen molar-refractivity contribution in [2.45, 2.75) is 50.7 Å². The third-order valence-corrected chi connectivity index (χ3v) is 7.65. The van der Waals surface area contributed by atoms with E-state index in [2.05, 4.69) is 28.3 Å². The fourth-order valence-corrected chi connectivity index (χ4v) is 5.54. The molecule has 0 amide bonds. The smallest absolute Gasteiger partial charge is 0.309 e. The summed E-state index contributed by atoms with van der Waals surface area (Å²) in [7, 11) is 0. The number of nitriles is 1. The first-order valence-electron chi connectivity index (χ1n) is 12.9. The molecule has 3 aromatic rings. The molecule has 1 aromatic heterocycles. The van der Waals surface area contributed by atoms with Gasteiger partial charge in [-0.2, -0.15) is 10.2 Å². The second-order valence-corrected chi connectivity index (χ2v) is 10.2. The maximum Gasteiger partial charge on any atom is 0.309 e. The largest absolute Gasteiger partial charge is 0.489 e. The van der Waals surface area contributed by atoms with Crippen LogP contribution in [0.25, 0.3) is 22.2 Å². The number of aliphatic carboxylic acids is 1. The summed E-state index contributed by atoms with van der Waals surface area (Å²) in [5.74, 6) is 0.477. The number of carboxylic acid groups (broad SMARTS) is 1. The molecule has 1 unspecified atom stereocenters. The Balaban J connectivity index is 1.21. The van der Waals surface area contributed by atoms with Gasteiger partial charge in [-0.1, -0.05) is 47.6 Å². The lowest BCUT2D eigenvalue weighted by Gasteiger charge is -2.36. The Kier molecular flexibility index (Phi) is 6.23. The molecule has 8 nitrogen and oxygen atoms in total. The van der Waals surface area contributed by atoms with E-state index in [1.54, 1.807) is 0 Å². The molecule has 3 aliphatic rings. The number of carboxylic acids is 1. The van der Waals surface area contributed by atoms with E-state index < -0.39 is 5.97 Å². The molecule has 37 heavy (non-hydrogen) atoms. The number of ether oxygens (including phenoxy) is 1. The summed E-state index contributed by atoms with van der Waals surface area (Å²) in [6.45, 7) is 1.84. The fourth-order valence-electron chi connectivity index (χ4n) is 5.54. The van der Waals surface area contributed by atoms with Crippen LogP contribution < -0.4 is 0 Å². The van der Waals surface area contributed by atoms with E-state index >= 15 is 0 Å². The third kappa shape index (κ3) is 4.63. The summed E-state index contributed by atoms with van der Waals surface area (Å²) in [4.78, 5) is 18.0. The van der Waals surface area contributed by atoms with E-state index in [1.165, 1.54) is 12.8 Å². The van der Waals surface area contributed by atoms with Gasteiger partial charge in [0, 0.05) is 31.6 Å². The monoisotopic (exact) mass is 496 g/mol. The molecule has 1 saturated carbocycles. The molecule has 0 bridgehead atoms. The number of hydrogen-bond donors (Lipinski definition) is 1. The predicted molar refractivity (Wildman–Crippen MR) is 136 cm³/mol. The van der Waals surface area contributed by atoms with Crippen molar-refractivity contribution in [3.8, 4) is 17.5 Å². The molecule has 0 radical (unpaired) electrons. The Morgan fingerprint density at radius 1 is 1.16 bits per heavy atom. The maximum atomic E-state index is 11.2. The first-order chi connectivity index (χ1) is 18.1. The molecule has 2 aliphatic carbocycles. The van der Waals surface area contributed by atoms with Crippen LogP contribution in [-0.4, -0.2) is 45.3 Å². The van der Waals surface area contributed by atoms with Gasteiger partial charge in [-0.05, 0) is 48.1 Å². The highest BCUT2D eigenvalue weighted by Crippen LogP contribution is 2.36. The van der Waals surface area contributed by atoms with Gasteiger partial charge in [-0.3, -0.25) is 9.69 Å². The second kappa shape index (κ2) is 9.83. The minimum Gasteiger partial charge on any atom is -0.489 e. The van der Waals surface area contributed by atoms with E-state index in [-0.39, 0.29) is 17.9 Å². The molecule has 1 aliphatic heterocycles. The van der Waals surface area contributed by atoms with Gasteiger partial charge in [0.15, 0.2) is 0 Å². The van der Waals surface area contributed by atoms with E-state index in [4.69, 9.17) is 19.4 Å². The van der Waals surface area contributed by atoms with Gasteiger partial charge in [-0.15, -0.1) is 0 Å². The summed E-state index contributed by atoms with van der Waals surface area (Å²) in [5.41, 5.74) is 2.63. The Bertz CT molecular complexity index is 1440. The number of nitrogens with zero attached hydrogens (tertiary/aromatic N) is 4. The Labute approximate surface area is 214 Å². The lowest BCUT2D eigenvalue weighted by Crippen LogP contribution is -2.49. The van der Waals surface area contributed by atoms with Gasteiger partial charge < -0.3 is 14.4 Å². The predicted octanol–water partition coefficient (Wildman–Crippen LogP) is 5.19. The zero-order valence-corrected chi connectivity index (χ0v) is 20.5. The van der Waals surface area contributed by atoms with Crippen LogP contribution in [0.4, 0.5) is 0 Å². The molecule has 2 aromatic carbocycles. The highest BCUT2D eigenvalue weighted by molar-refractivity contribution is 5.97.